The number of hydrogen-bond donors (Lipinski definition) is 1. The maximum atomic E-state index is 12.6. The van der Waals surface area contributed by atoms with Crippen LogP contribution in [0.5, 0.6) is 0 Å². The predicted octanol–water partition coefficient (Wildman–Crippen LogP) is 3.07. The summed E-state index contributed by atoms with van der Waals surface area (Å²) in [5.41, 5.74) is -0.522. The molecule has 2 rings (SSSR count). The van der Waals surface area contributed by atoms with Gasteiger partial charge in [-0.3, -0.25) is 9.59 Å². The van der Waals surface area contributed by atoms with Crippen LogP contribution in [0.1, 0.15) is 17.5 Å². The number of carboxylic acid groups (broad SMARTS) is 1. The van der Waals surface area contributed by atoms with Crippen molar-refractivity contribution >= 4 is 30.4 Å². The molecule has 0 radical (unpaired) electrons. The minimum atomic E-state index is -4.43. The number of amides is 1. The van der Waals surface area contributed by atoms with Gasteiger partial charge in [-0.25, -0.2) is 0 Å². The highest BCUT2D eigenvalue weighted by Crippen LogP contribution is 2.29. The highest BCUT2D eigenvalue weighted by Gasteiger charge is 2.31. The molecule has 1 fully saturated rings. The Morgan fingerprint density at radius 3 is 2.57 bits per heavy atom. The number of likely N-dealkylation sites (tertiary alicyclic amines) is 1. The number of aliphatic carboxylic acids is 1. The molecule has 0 aliphatic carbocycles. The molecule has 1 aliphatic rings. The molecular weight excluding hydrogens is 335 g/mol. The lowest BCUT2D eigenvalue weighted by Crippen LogP contribution is -2.28. The Labute approximate surface area is 137 Å². The van der Waals surface area contributed by atoms with Gasteiger partial charge in [-0.1, -0.05) is 12.1 Å². The average Bonchev–Trinajstić information content (AvgIpc) is 2.94. The Kier molecular flexibility index (Phi) is 6.20. The van der Waals surface area contributed by atoms with Gasteiger partial charge in [0, 0.05) is 19.2 Å². The van der Waals surface area contributed by atoms with Gasteiger partial charge in [0.25, 0.3) is 0 Å². The molecule has 1 aliphatic heterocycles. The average molecular weight is 350 g/mol. The summed E-state index contributed by atoms with van der Waals surface area (Å²) in [6.07, 6.45) is -1.58. The molecule has 1 saturated heterocycles. The third-order valence-electron chi connectivity index (χ3n) is 3.48. The second-order valence-electron chi connectivity index (χ2n) is 5.06. The molecule has 4 nitrogen and oxygen atoms in total. The van der Waals surface area contributed by atoms with Crippen molar-refractivity contribution in [3.63, 3.8) is 0 Å². The zero-order chi connectivity index (χ0) is 16.3. The summed E-state index contributed by atoms with van der Waals surface area (Å²) in [7, 11) is 0. The summed E-state index contributed by atoms with van der Waals surface area (Å²) < 4.78 is 37.7. The van der Waals surface area contributed by atoms with Crippen LogP contribution in [0.15, 0.2) is 30.3 Å². The maximum absolute atomic E-state index is 12.6. The number of halogens is 4. The monoisotopic (exact) mass is 349 g/mol. The number of alkyl halides is 3. The molecule has 1 amide bonds. The lowest BCUT2D eigenvalue weighted by Gasteiger charge is -2.13. The lowest BCUT2D eigenvalue weighted by atomic mass is 10.1. The number of nitrogens with zero attached hydrogens (tertiary/aromatic N) is 1. The standard InChI is InChI=1S/C15H14F3NO3.ClH/c16-15(17,18)12-3-1-2-10(8-12)4-5-13(20)19-7-6-11(9-19)14(21)22;/h1-5,8,11H,6-7,9H2,(H,21,22);1H. The van der Waals surface area contributed by atoms with Crippen LogP contribution < -0.4 is 0 Å². The summed E-state index contributed by atoms with van der Waals surface area (Å²) in [6, 6.07) is 4.64. The maximum Gasteiger partial charge on any atom is 0.416 e. The number of carboxylic acids is 1. The van der Waals surface area contributed by atoms with Crippen molar-refractivity contribution in [3.8, 4) is 0 Å². The van der Waals surface area contributed by atoms with Crippen LogP contribution in [0.4, 0.5) is 13.2 Å². The normalized spacial score (nSPS) is 18.0. The smallest absolute Gasteiger partial charge is 0.416 e. The van der Waals surface area contributed by atoms with Gasteiger partial charge in [-0.15, -0.1) is 12.4 Å². The van der Waals surface area contributed by atoms with Crippen LogP contribution in [0, 0.1) is 5.92 Å². The molecule has 23 heavy (non-hydrogen) atoms. The fraction of sp³-hybridized carbons (Fsp3) is 0.333. The Balaban J connectivity index is 0.00000264. The molecule has 1 heterocycles. The quantitative estimate of drug-likeness (QED) is 0.853. The van der Waals surface area contributed by atoms with Gasteiger partial charge in [-0.05, 0) is 30.2 Å². The molecule has 0 saturated carbocycles. The van der Waals surface area contributed by atoms with Crippen molar-refractivity contribution in [2.45, 2.75) is 12.6 Å². The minimum Gasteiger partial charge on any atom is -0.481 e. The number of rotatable bonds is 3. The topological polar surface area (TPSA) is 57.6 Å². The van der Waals surface area contributed by atoms with Gasteiger partial charge < -0.3 is 10.0 Å². The van der Waals surface area contributed by atoms with E-state index in [-0.39, 0.29) is 24.5 Å². The summed E-state index contributed by atoms with van der Waals surface area (Å²) in [5.74, 6) is -1.93. The van der Waals surface area contributed by atoms with E-state index in [1.54, 1.807) is 0 Å². The van der Waals surface area contributed by atoms with Crippen LogP contribution in [0.2, 0.25) is 0 Å². The van der Waals surface area contributed by atoms with Crippen molar-refractivity contribution in [1.29, 1.82) is 0 Å². The molecular formula is C15H15ClF3NO3. The van der Waals surface area contributed by atoms with Gasteiger partial charge in [0.2, 0.25) is 5.91 Å². The van der Waals surface area contributed by atoms with Crippen LogP contribution >= 0.6 is 12.4 Å². The molecule has 1 aromatic carbocycles. The van der Waals surface area contributed by atoms with Gasteiger partial charge in [-0.2, -0.15) is 13.2 Å². The van der Waals surface area contributed by atoms with Crippen LogP contribution in [0.3, 0.4) is 0 Å². The first-order valence-electron chi connectivity index (χ1n) is 6.64. The highest BCUT2D eigenvalue weighted by atomic mass is 35.5. The number of carbonyl (C=O) groups excluding carboxylic acids is 1. The van der Waals surface area contributed by atoms with Gasteiger partial charge >= 0.3 is 12.1 Å². The van der Waals surface area contributed by atoms with E-state index in [2.05, 4.69) is 0 Å². The van der Waals surface area contributed by atoms with E-state index in [1.807, 2.05) is 0 Å². The SMILES string of the molecule is Cl.O=C(O)C1CCN(C(=O)C=Cc2cccc(C(F)(F)F)c2)C1. The molecule has 126 valence electrons. The molecule has 1 atom stereocenters. The summed E-state index contributed by atoms with van der Waals surface area (Å²) in [5, 5.41) is 8.86. The zero-order valence-corrected chi connectivity index (χ0v) is 12.7. The van der Waals surface area contributed by atoms with Crippen molar-refractivity contribution in [2.24, 2.45) is 5.92 Å². The van der Waals surface area contributed by atoms with Crippen LogP contribution in [0.25, 0.3) is 6.08 Å². The largest absolute Gasteiger partial charge is 0.481 e. The lowest BCUT2D eigenvalue weighted by molar-refractivity contribution is -0.141. The van der Waals surface area contributed by atoms with E-state index in [1.165, 1.54) is 29.2 Å². The molecule has 0 bridgehead atoms. The van der Waals surface area contributed by atoms with Gasteiger partial charge in [0.15, 0.2) is 0 Å². The summed E-state index contributed by atoms with van der Waals surface area (Å²) in [4.78, 5) is 24.1. The summed E-state index contributed by atoms with van der Waals surface area (Å²) in [6.45, 7) is 0.462. The molecule has 0 spiro atoms. The van der Waals surface area contributed by atoms with E-state index < -0.39 is 29.5 Å². The third kappa shape index (κ3) is 4.99. The Morgan fingerprint density at radius 2 is 2.00 bits per heavy atom. The number of carbonyl (C=O) groups is 2. The first-order valence-corrected chi connectivity index (χ1v) is 6.64. The molecule has 0 aromatic heterocycles. The van der Waals surface area contributed by atoms with E-state index in [0.717, 1.165) is 12.1 Å². The fourth-order valence-corrected chi connectivity index (χ4v) is 2.25. The molecule has 1 unspecified atom stereocenters. The van der Waals surface area contributed by atoms with E-state index in [0.29, 0.717) is 13.0 Å². The number of hydrogen-bond acceptors (Lipinski definition) is 2. The Bertz CT molecular complexity index is 616. The Morgan fingerprint density at radius 1 is 1.30 bits per heavy atom. The molecule has 8 heteroatoms. The molecule has 1 N–H and O–H groups in total. The van der Waals surface area contributed by atoms with Gasteiger partial charge in [0.1, 0.15) is 0 Å². The third-order valence-corrected chi connectivity index (χ3v) is 3.48. The van der Waals surface area contributed by atoms with Crippen LogP contribution in [-0.4, -0.2) is 35.0 Å². The zero-order valence-electron chi connectivity index (χ0n) is 11.9. The first-order chi connectivity index (χ1) is 10.3. The van der Waals surface area contributed by atoms with Crippen molar-refractivity contribution in [3.05, 3.63) is 41.5 Å². The Hall–Kier alpha value is -2.02. The van der Waals surface area contributed by atoms with Crippen molar-refractivity contribution < 1.29 is 27.9 Å². The highest BCUT2D eigenvalue weighted by molar-refractivity contribution is 5.92. The van der Waals surface area contributed by atoms with Crippen molar-refractivity contribution in [1.82, 2.24) is 4.90 Å². The molecule has 1 aromatic rings. The van der Waals surface area contributed by atoms with Crippen molar-refractivity contribution in [2.75, 3.05) is 13.1 Å². The second kappa shape index (κ2) is 7.50. The predicted molar refractivity (Wildman–Crippen MR) is 80.0 cm³/mol. The summed E-state index contributed by atoms with van der Waals surface area (Å²) >= 11 is 0. The van der Waals surface area contributed by atoms with E-state index in [4.69, 9.17) is 5.11 Å². The van der Waals surface area contributed by atoms with E-state index >= 15 is 0 Å². The second-order valence-corrected chi connectivity index (χ2v) is 5.06. The van der Waals surface area contributed by atoms with E-state index in [9.17, 15) is 22.8 Å². The van der Waals surface area contributed by atoms with Gasteiger partial charge in [0.05, 0.1) is 11.5 Å². The minimum absolute atomic E-state index is 0. The fourth-order valence-electron chi connectivity index (χ4n) is 2.25. The number of benzene rings is 1. The first kappa shape index (κ1) is 19.0. The van der Waals surface area contributed by atoms with Crippen LogP contribution in [-0.2, 0) is 15.8 Å².